The summed E-state index contributed by atoms with van der Waals surface area (Å²) in [6.07, 6.45) is 5.51. The molecule has 1 fully saturated rings. The smallest absolute Gasteiger partial charge is 0.192 e. The van der Waals surface area contributed by atoms with Gasteiger partial charge in [0.2, 0.25) is 0 Å². The van der Waals surface area contributed by atoms with Crippen LogP contribution in [0.1, 0.15) is 67.2 Å². The fourth-order valence-electron chi connectivity index (χ4n) is 2.40. The van der Waals surface area contributed by atoms with Gasteiger partial charge in [-0.1, -0.05) is 41.5 Å². The van der Waals surface area contributed by atoms with Crippen LogP contribution in [0, 0.1) is 11.3 Å². The maximum Gasteiger partial charge on any atom is 0.192 e. The van der Waals surface area contributed by atoms with Gasteiger partial charge < -0.3 is 4.43 Å². The molecule has 1 saturated carbocycles. The van der Waals surface area contributed by atoms with Crippen molar-refractivity contribution in [2.75, 3.05) is 0 Å². The van der Waals surface area contributed by atoms with Crippen molar-refractivity contribution in [1.82, 2.24) is 0 Å². The van der Waals surface area contributed by atoms with Crippen molar-refractivity contribution in [2.24, 2.45) is 5.41 Å². The highest BCUT2D eigenvalue weighted by atomic mass is 28.4. The number of rotatable bonds is 2. The summed E-state index contributed by atoms with van der Waals surface area (Å²) in [5.74, 6) is 1.73. The quantitative estimate of drug-likeness (QED) is 0.595. The highest BCUT2D eigenvalue weighted by Crippen LogP contribution is 2.43. The minimum atomic E-state index is -1.57. The second-order valence-corrected chi connectivity index (χ2v) is 13.2. The summed E-state index contributed by atoms with van der Waals surface area (Å²) in [6, 6.07) is 0. The molecular weight excluding hydrogens is 236 g/mol. The monoisotopic (exact) mass is 269 g/mol. The summed E-state index contributed by atoms with van der Waals surface area (Å²) in [5.41, 5.74) is 0.391. The van der Waals surface area contributed by atoms with Crippen LogP contribution in [-0.2, 0) is 4.43 Å². The molecule has 0 saturated heterocycles. The van der Waals surface area contributed by atoms with E-state index in [-0.39, 0.29) is 0 Å². The lowest BCUT2D eigenvalue weighted by Gasteiger charge is -2.43. The molecule has 0 unspecified atom stereocenters. The Labute approximate surface area is 116 Å². The third kappa shape index (κ3) is 4.09. The fraction of sp³-hybridized carbons (Fsp3) is 0.938. The topological polar surface area (TPSA) is 9.23 Å². The molecule has 1 aliphatic carbocycles. The molecule has 0 aliphatic heterocycles. The maximum atomic E-state index is 6.53. The zero-order valence-electron chi connectivity index (χ0n) is 13.8. The second-order valence-electron chi connectivity index (χ2n) is 8.43. The summed E-state index contributed by atoms with van der Waals surface area (Å²) in [5, 5.41) is 0.334. The Morgan fingerprint density at radius 1 is 0.944 bits per heavy atom. The standard InChI is InChI=1S/C16H33OSi/c1-15(2,3)13-9-11-14(12-10-13)17-18(7,8)16(4,5)6/h14H,9-12H2,1-8H3. The lowest BCUT2D eigenvalue weighted by atomic mass is 9.72. The van der Waals surface area contributed by atoms with Crippen LogP contribution in [0.5, 0.6) is 0 Å². The van der Waals surface area contributed by atoms with Crippen LogP contribution in [0.25, 0.3) is 0 Å². The van der Waals surface area contributed by atoms with Crippen LogP contribution in [0.15, 0.2) is 0 Å². The zero-order chi connectivity index (χ0) is 14.2. The number of hydrogen-bond acceptors (Lipinski definition) is 1. The maximum absolute atomic E-state index is 6.53. The molecule has 0 spiro atoms. The predicted molar refractivity (Wildman–Crippen MR) is 83.2 cm³/mol. The van der Waals surface area contributed by atoms with Crippen LogP contribution in [0.3, 0.4) is 0 Å². The Morgan fingerprint density at radius 2 is 1.39 bits per heavy atom. The molecule has 1 rings (SSSR count). The molecule has 1 nitrogen and oxygen atoms in total. The van der Waals surface area contributed by atoms with Gasteiger partial charge >= 0.3 is 0 Å². The van der Waals surface area contributed by atoms with E-state index in [0.29, 0.717) is 16.6 Å². The van der Waals surface area contributed by atoms with Crippen LogP contribution >= 0.6 is 0 Å². The normalized spacial score (nSPS) is 21.3. The van der Waals surface area contributed by atoms with Crippen molar-refractivity contribution < 1.29 is 4.43 Å². The third-order valence-electron chi connectivity index (χ3n) is 4.86. The predicted octanol–water partition coefficient (Wildman–Crippen LogP) is 5.57. The van der Waals surface area contributed by atoms with E-state index in [2.05, 4.69) is 54.6 Å². The molecule has 0 aromatic rings. The van der Waals surface area contributed by atoms with Gasteiger partial charge in [0, 0.05) is 6.10 Å². The minimum Gasteiger partial charge on any atom is -0.414 e. The molecule has 0 heterocycles. The summed E-state index contributed by atoms with van der Waals surface area (Å²) in [4.78, 5) is 0. The SMILES string of the molecule is CC(C)(C)[C]1CCC(O[Si](C)(C)C(C)(C)C)CC1. The highest BCUT2D eigenvalue weighted by molar-refractivity contribution is 6.74. The average molecular weight is 270 g/mol. The molecule has 0 amide bonds. The lowest BCUT2D eigenvalue weighted by Crippen LogP contribution is -2.45. The first-order valence-corrected chi connectivity index (χ1v) is 10.4. The molecule has 1 radical (unpaired) electrons. The zero-order valence-corrected chi connectivity index (χ0v) is 14.8. The summed E-state index contributed by atoms with van der Waals surface area (Å²) in [7, 11) is -1.57. The molecule has 0 N–H and O–H groups in total. The molecule has 0 aromatic carbocycles. The van der Waals surface area contributed by atoms with E-state index in [0.717, 1.165) is 0 Å². The first kappa shape index (κ1) is 16.2. The largest absolute Gasteiger partial charge is 0.414 e. The Kier molecular flexibility index (Phi) is 4.76. The van der Waals surface area contributed by atoms with E-state index in [9.17, 15) is 0 Å². The van der Waals surface area contributed by atoms with E-state index >= 15 is 0 Å². The number of hydrogen-bond donors (Lipinski definition) is 0. The van der Waals surface area contributed by atoms with Gasteiger partial charge in [-0.15, -0.1) is 0 Å². The second kappa shape index (κ2) is 5.28. The molecule has 1 aliphatic rings. The van der Waals surface area contributed by atoms with E-state index in [1.54, 1.807) is 5.92 Å². The third-order valence-corrected chi connectivity index (χ3v) is 9.40. The Hall–Kier alpha value is 0.177. The van der Waals surface area contributed by atoms with Crippen molar-refractivity contribution in [1.29, 1.82) is 0 Å². The van der Waals surface area contributed by atoms with Crippen molar-refractivity contribution >= 4 is 8.32 Å². The van der Waals surface area contributed by atoms with E-state index < -0.39 is 8.32 Å². The fourth-order valence-corrected chi connectivity index (χ4v) is 3.82. The molecule has 0 bridgehead atoms. The van der Waals surface area contributed by atoms with Gasteiger partial charge in [0.25, 0.3) is 0 Å². The Balaban J connectivity index is 2.50. The first-order chi connectivity index (χ1) is 7.93. The molecule has 0 atom stereocenters. The molecule has 107 valence electrons. The van der Waals surface area contributed by atoms with Gasteiger partial charge in [0.1, 0.15) is 0 Å². The highest BCUT2D eigenvalue weighted by Gasteiger charge is 2.40. The Morgan fingerprint density at radius 3 is 1.72 bits per heavy atom. The van der Waals surface area contributed by atoms with Gasteiger partial charge in [0.15, 0.2) is 8.32 Å². The van der Waals surface area contributed by atoms with Gasteiger partial charge in [-0.2, -0.15) is 0 Å². The van der Waals surface area contributed by atoms with Crippen molar-refractivity contribution in [3.63, 3.8) is 0 Å². The molecule has 2 heteroatoms. The van der Waals surface area contributed by atoms with Crippen LogP contribution < -0.4 is 0 Å². The Bertz CT molecular complexity index is 262. The van der Waals surface area contributed by atoms with Gasteiger partial charge in [-0.25, -0.2) is 0 Å². The van der Waals surface area contributed by atoms with Crippen LogP contribution in [0.4, 0.5) is 0 Å². The lowest BCUT2D eigenvalue weighted by molar-refractivity contribution is 0.131. The average Bonchev–Trinajstić information content (AvgIpc) is 2.14. The van der Waals surface area contributed by atoms with Crippen molar-refractivity contribution in [3.05, 3.63) is 5.92 Å². The van der Waals surface area contributed by atoms with E-state index in [1.807, 2.05) is 0 Å². The van der Waals surface area contributed by atoms with Gasteiger partial charge in [-0.3, -0.25) is 0 Å². The summed E-state index contributed by atoms with van der Waals surface area (Å²) in [6.45, 7) is 18.8. The minimum absolute atomic E-state index is 0.334. The molecular formula is C16H33OSi. The van der Waals surface area contributed by atoms with Crippen molar-refractivity contribution in [3.8, 4) is 0 Å². The van der Waals surface area contributed by atoms with Gasteiger partial charge in [-0.05, 0) is 55.1 Å². The van der Waals surface area contributed by atoms with E-state index in [4.69, 9.17) is 4.43 Å². The first-order valence-electron chi connectivity index (χ1n) is 7.46. The van der Waals surface area contributed by atoms with Gasteiger partial charge in [0.05, 0.1) is 0 Å². The summed E-state index contributed by atoms with van der Waals surface area (Å²) >= 11 is 0. The molecule has 18 heavy (non-hydrogen) atoms. The van der Waals surface area contributed by atoms with E-state index in [1.165, 1.54) is 25.7 Å². The molecule has 0 aromatic heterocycles. The van der Waals surface area contributed by atoms with Crippen LogP contribution in [0.2, 0.25) is 18.1 Å². The van der Waals surface area contributed by atoms with Crippen molar-refractivity contribution in [2.45, 2.75) is 91.5 Å². The van der Waals surface area contributed by atoms with Crippen LogP contribution in [-0.4, -0.2) is 14.4 Å². The summed E-state index contributed by atoms with van der Waals surface area (Å²) < 4.78 is 6.53.